The summed E-state index contributed by atoms with van der Waals surface area (Å²) in [6, 6.07) is 2.86. The Hall–Kier alpha value is -1.86. The first-order chi connectivity index (χ1) is 11.0. The molecule has 0 saturated heterocycles. The molecule has 0 spiro atoms. The highest BCUT2D eigenvalue weighted by atomic mass is 32.1. The lowest BCUT2D eigenvalue weighted by atomic mass is 10.0. The summed E-state index contributed by atoms with van der Waals surface area (Å²) in [6.45, 7) is 3.55. The second-order valence-corrected chi connectivity index (χ2v) is 7.07. The number of aliphatic hydroxyl groups is 1. The average molecular weight is 335 g/mol. The van der Waals surface area contributed by atoms with E-state index in [0.29, 0.717) is 11.7 Å². The maximum absolute atomic E-state index is 12.0. The zero-order chi connectivity index (χ0) is 16.4. The summed E-state index contributed by atoms with van der Waals surface area (Å²) in [5.74, 6) is 1.04. The van der Waals surface area contributed by atoms with Crippen LogP contribution in [0.1, 0.15) is 55.1 Å². The van der Waals surface area contributed by atoms with E-state index >= 15 is 0 Å². The second-order valence-electron chi connectivity index (χ2n) is 6.18. The smallest absolute Gasteiger partial charge is 0.315 e. The van der Waals surface area contributed by atoms with Crippen LogP contribution in [0.3, 0.4) is 0 Å². The van der Waals surface area contributed by atoms with Gasteiger partial charge in [0.25, 0.3) is 0 Å². The van der Waals surface area contributed by atoms with Crippen LogP contribution in [0.15, 0.2) is 28.2 Å². The van der Waals surface area contributed by atoms with Gasteiger partial charge in [0.2, 0.25) is 0 Å². The zero-order valence-corrected chi connectivity index (χ0v) is 14.0. The summed E-state index contributed by atoms with van der Waals surface area (Å²) in [4.78, 5) is 16.6. The molecule has 1 aliphatic carbocycles. The summed E-state index contributed by atoms with van der Waals surface area (Å²) in [5.41, 5.74) is -0.367. The molecule has 2 aromatic heterocycles. The average Bonchev–Trinajstić information content (AvgIpc) is 3.04. The van der Waals surface area contributed by atoms with Crippen molar-refractivity contribution in [2.24, 2.45) is 0 Å². The van der Waals surface area contributed by atoms with Gasteiger partial charge in [0.15, 0.2) is 0 Å². The standard InChI is InChI=1S/C16H21N3O3S/c1-10(12-8-23-14(19-12)11-5-6-11)18-15(20)17-9-16(2,21)13-4-3-7-22-13/h3-4,7-8,10-11,21H,5-6,9H2,1-2H3,(H2,17,18,20)/t10-,16-/m0/s1. The molecule has 0 bridgehead atoms. The van der Waals surface area contributed by atoms with E-state index in [1.165, 1.54) is 19.1 Å². The lowest BCUT2D eigenvalue weighted by molar-refractivity contribution is 0.0366. The normalized spacial score (nSPS) is 18.2. The van der Waals surface area contributed by atoms with Gasteiger partial charge in [0, 0.05) is 11.3 Å². The van der Waals surface area contributed by atoms with Gasteiger partial charge in [0.1, 0.15) is 11.4 Å². The molecule has 1 aliphatic rings. The Morgan fingerprint density at radius 2 is 2.39 bits per heavy atom. The number of carbonyl (C=O) groups is 1. The van der Waals surface area contributed by atoms with E-state index < -0.39 is 5.60 Å². The van der Waals surface area contributed by atoms with Crippen molar-refractivity contribution in [3.05, 3.63) is 40.2 Å². The fraction of sp³-hybridized carbons (Fsp3) is 0.500. The van der Waals surface area contributed by atoms with E-state index in [-0.39, 0.29) is 18.6 Å². The first kappa shape index (κ1) is 16.0. The van der Waals surface area contributed by atoms with E-state index in [4.69, 9.17) is 4.42 Å². The number of urea groups is 1. The molecule has 0 aromatic carbocycles. The van der Waals surface area contributed by atoms with Crippen LogP contribution in [0.5, 0.6) is 0 Å². The molecule has 6 nitrogen and oxygen atoms in total. The molecule has 0 aliphatic heterocycles. The molecule has 2 heterocycles. The van der Waals surface area contributed by atoms with Crippen LogP contribution in [0.25, 0.3) is 0 Å². The maximum atomic E-state index is 12.0. The Balaban J connectivity index is 1.50. The molecule has 0 unspecified atom stereocenters. The molecule has 1 saturated carbocycles. The molecule has 3 N–H and O–H groups in total. The second kappa shape index (κ2) is 6.33. The summed E-state index contributed by atoms with van der Waals surface area (Å²) in [6.07, 6.45) is 3.93. The molecule has 2 amide bonds. The van der Waals surface area contributed by atoms with Gasteiger partial charge in [-0.05, 0) is 38.8 Å². The number of furan rings is 1. The minimum absolute atomic E-state index is 0.0590. The van der Waals surface area contributed by atoms with Crippen molar-refractivity contribution in [1.29, 1.82) is 0 Å². The van der Waals surface area contributed by atoms with Crippen LogP contribution >= 0.6 is 11.3 Å². The summed E-state index contributed by atoms with van der Waals surface area (Å²) in [7, 11) is 0. The Labute approximate surface area is 138 Å². The quantitative estimate of drug-likeness (QED) is 0.757. The number of rotatable bonds is 6. The summed E-state index contributed by atoms with van der Waals surface area (Å²) >= 11 is 1.66. The van der Waals surface area contributed by atoms with Crippen molar-refractivity contribution in [3.8, 4) is 0 Å². The number of aromatic nitrogens is 1. The van der Waals surface area contributed by atoms with E-state index in [1.54, 1.807) is 30.4 Å². The summed E-state index contributed by atoms with van der Waals surface area (Å²) < 4.78 is 5.18. The third-order valence-electron chi connectivity index (χ3n) is 3.90. The van der Waals surface area contributed by atoms with Gasteiger partial charge >= 0.3 is 6.03 Å². The zero-order valence-electron chi connectivity index (χ0n) is 13.2. The Morgan fingerprint density at radius 1 is 1.61 bits per heavy atom. The minimum atomic E-state index is -1.25. The molecule has 124 valence electrons. The van der Waals surface area contributed by atoms with Crippen molar-refractivity contribution < 1.29 is 14.3 Å². The fourth-order valence-electron chi connectivity index (χ4n) is 2.26. The molecular weight excluding hydrogens is 314 g/mol. The van der Waals surface area contributed by atoms with Crippen molar-refractivity contribution >= 4 is 17.4 Å². The highest BCUT2D eigenvalue weighted by Crippen LogP contribution is 2.41. The first-order valence-electron chi connectivity index (χ1n) is 7.72. The number of thiazole rings is 1. The molecule has 2 atom stereocenters. The number of nitrogens with one attached hydrogen (secondary N) is 2. The molecule has 7 heteroatoms. The van der Waals surface area contributed by atoms with Crippen LogP contribution in [0.2, 0.25) is 0 Å². The molecule has 0 radical (unpaired) electrons. The monoisotopic (exact) mass is 335 g/mol. The predicted octanol–water partition coefficient (Wildman–Crippen LogP) is 2.88. The fourth-order valence-corrected chi connectivity index (χ4v) is 3.35. The van der Waals surface area contributed by atoms with Gasteiger partial charge in [-0.15, -0.1) is 11.3 Å². The number of amides is 2. The number of carbonyl (C=O) groups excluding carboxylic acids is 1. The number of hydrogen-bond donors (Lipinski definition) is 3. The molecule has 1 fully saturated rings. The van der Waals surface area contributed by atoms with Crippen LogP contribution in [-0.2, 0) is 5.60 Å². The van der Waals surface area contributed by atoms with E-state index in [9.17, 15) is 9.90 Å². The van der Waals surface area contributed by atoms with Crippen molar-refractivity contribution in [1.82, 2.24) is 15.6 Å². The minimum Gasteiger partial charge on any atom is -0.466 e. The van der Waals surface area contributed by atoms with E-state index in [2.05, 4.69) is 15.6 Å². The lowest BCUT2D eigenvalue weighted by Crippen LogP contribution is -2.44. The highest BCUT2D eigenvalue weighted by molar-refractivity contribution is 7.09. The van der Waals surface area contributed by atoms with Gasteiger partial charge in [-0.2, -0.15) is 0 Å². The first-order valence-corrected chi connectivity index (χ1v) is 8.60. The van der Waals surface area contributed by atoms with E-state index in [0.717, 1.165) is 10.7 Å². The molecular formula is C16H21N3O3S. The Bertz CT molecular complexity index is 662. The van der Waals surface area contributed by atoms with Crippen LogP contribution < -0.4 is 10.6 Å². The van der Waals surface area contributed by atoms with Crippen LogP contribution in [0.4, 0.5) is 4.79 Å². The molecule has 2 aromatic rings. The molecule has 3 rings (SSSR count). The van der Waals surface area contributed by atoms with Crippen molar-refractivity contribution in [3.63, 3.8) is 0 Å². The maximum Gasteiger partial charge on any atom is 0.315 e. The number of hydrogen-bond acceptors (Lipinski definition) is 5. The SMILES string of the molecule is C[C@H](NC(=O)NC[C@](C)(O)c1ccco1)c1csc(C2CC2)n1. The summed E-state index contributed by atoms with van der Waals surface area (Å²) in [5, 5.41) is 19.0. The largest absolute Gasteiger partial charge is 0.466 e. The highest BCUT2D eigenvalue weighted by Gasteiger charge is 2.28. The van der Waals surface area contributed by atoms with Crippen LogP contribution in [-0.4, -0.2) is 22.7 Å². The van der Waals surface area contributed by atoms with Gasteiger partial charge in [-0.25, -0.2) is 9.78 Å². The topological polar surface area (TPSA) is 87.4 Å². The van der Waals surface area contributed by atoms with Crippen LogP contribution in [0, 0.1) is 0 Å². The third-order valence-corrected chi connectivity index (χ3v) is 4.93. The predicted molar refractivity (Wildman–Crippen MR) is 87.3 cm³/mol. The Kier molecular flexibility index (Phi) is 4.41. The lowest BCUT2D eigenvalue weighted by Gasteiger charge is -2.22. The van der Waals surface area contributed by atoms with Gasteiger partial charge in [-0.1, -0.05) is 0 Å². The molecule has 23 heavy (non-hydrogen) atoms. The Morgan fingerprint density at radius 3 is 3.04 bits per heavy atom. The van der Waals surface area contributed by atoms with Gasteiger partial charge in [-0.3, -0.25) is 0 Å². The van der Waals surface area contributed by atoms with Crippen molar-refractivity contribution in [2.75, 3.05) is 6.54 Å². The number of nitrogens with zero attached hydrogens (tertiary/aromatic N) is 1. The van der Waals surface area contributed by atoms with E-state index in [1.807, 2.05) is 12.3 Å². The van der Waals surface area contributed by atoms with Gasteiger partial charge in [0.05, 0.1) is 29.6 Å². The van der Waals surface area contributed by atoms with Crippen molar-refractivity contribution in [2.45, 2.75) is 44.2 Å². The third kappa shape index (κ3) is 3.92. The van der Waals surface area contributed by atoms with Gasteiger partial charge < -0.3 is 20.2 Å².